The van der Waals surface area contributed by atoms with Crippen LogP contribution < -0.4 is 48.0 Å². The highest BCUT2D eigenvalue weighted by atomic mass is 127. The number of carbonyl (C=O) groups excluding carboxylic acids is 1. The predicted molar refractivity (Wildman–Crippen MR) is 150 cm³/mol. The topological polar surface area (TPSA) is 38.8 Å². The van der Waals surface area contributed by atoms with Gasteiger partial charge in [-0.15, -0.1) is 0 Å². The first-order valence-electron chi connectivity index (χ1n) is 16.1. The molecule has 0 bridgehead atoms. The monoisotopic (exact) mass is 785 g/mol. The van der Waals surface area contributed by atoms with Crippen LogP contribution in [0.3, 0.4) is 0 Å². The first kappa shape index (κ1) is 33.7. The van der Waals surface area contributed by atoms with Gasteiger partial charge >= 0.3 is 5.97 Å². The molecule has 40 heavy (non-hydrogen) atoms. The number of hydrogen-bond acceptors (Lipinski definition) is 4. The van der Waals surface area contributed by atoms with Crippen LogP contribution in [0, 0.1) is 34.5 Å². The minimum Gasteiger partial charge on any atom is -1.00 e. The molecular formula is C32H57I2N3O3. The van der Waals surface area contributed by atoms with E-state index in [9.17, 15) is 4.79 Å². The second-order valence-electron chi connectivity index (χ2n) is 15.9. The van der Waals surface area contributed by atoms with E-state index in [1.807, 2.05) is 0 Å². The highest BCUT2D eigenvalue weighted by molar-refractivity contribution is 5.66. The zero-order chi connectivity index (χ0) is 26.9. The van der Waals surface area contributed by atoms with Crippen molar-refractivity contribution >= 4 is 5.97 Å². The molecule has 0 radical (unpaired) electrons. The van der Waals surface area contributed by atoms with Crippen molar-refractivity contribution in [3.05, 3.63) is 0 Å². The Labute approximate surface area is 278 Å². The minimum atomic E-state index is -0.0854. The van der Waals surface area contributed by atoms with Crippen LogP contribution in [0.1, 0.15) is 72.1 Å². The van der Waals surface area contributed by atoms with Gasteiger partial charge in [0.05, 0.1) is 47.4 Å². The van der Waals surface area contributed by atoms with E-state index in [0.29, 0.717) is 17.4 Å². The molecule has 6 nitrogen and oxygen atoms in total. The van der Waals surface area contributed by atoms with Gasteiger partial charge in [-0.05, 0) is 74.0 Å². The molecule has 8 heteroatoms. The smallest absolute Gasteiger partial charge is 0.303 e. The van der Waals surface area contributed by atoms with Gasteiger partial charge in [0.15, 0.2) is 6.10 Å². The van der Waals surface area contributed by atoms with Crippen molar-refractivity contribution in [2.45, 2.75) is 90.3 Å². The highest BCUT2D eigenvalue weighted by Crippen LogP contribution is 2.67. The Hall–Kier alpha value is 0.770. The number of piperazine rings is 1. The molecule has 2 aliphatic heterocycles. The van der Waals surface area contributed by atoms with E-state index < -0.39 is 0 Å². The van der Waals surface area contributed by atoms with Gasteiger partial charge in [-0.2, -0.15) is 0 Å². The molecular weight excluding hydrogens is 728 g/mol. The van der Waals surface area contributed by atoms with E-state index in [0.717, 1.165) is 54.6 Å². The maximum atomic E-state index is 12.4. The number of esters is 1. The summed E-state index contributed by atoms with van der Waals surface area (Å²) in [5.41, 5.74) is 0.620. The molecule has 6 rings (SSSR count). The lowest BCUT2D eigenvalue weighted by atomic mass is 9.45. The lowest BCUT2D eigenvalue weighted by Gasteiger charge is -2.61. The molecule has 0 spiro atoms. The molecule has 0 aromatic carbocycles. The van der Waals surface area contributed by atoms with Crippen molar-refractivity contribution < 1.29 is 71.2 Å². The first-order chi connectivity index (χ1) is 18.0. The molecule has 0 unspecified atom stereocenters. The largest absolute Gasteiger partial charge is 1.00 e. The van der Waals surface area contributed by atoms with Crippen molar-refractivity contribution in [3.63, 3.8) is 0 Å². The third-order valence-corrected chi connectivity index (χ3v) is 13.7. The van der Waals surface area contributed by atoms with Crippen molar-refractivity contribution in [1.82, 2.24) is 4.90 Å². The predicted octanol–water partition coefficient (Wildman–Crippen LogP) is -1.82. The summed E-state index contributed by atoms with van der Waals surface area (Å²) < 4.78 is 14.3. The van der Waals surface area contributed by atoms with Crippen LogP contribution in [0.2, 0.25) is 0 Å². The van der Waals surface area contributed by atoms with Crippen molar-refractivity contribution in [1.29, 1.82) is 0 Å². The molecule has 0 aromatic heterocycles. The third-order valence-electron chi connectivity index (χ3n) is 13.7. The Morgan fingerprint density at radius 1 is 0.850 bits per heavy atom. The number of carbonyl (C=O) groups is 1. The first-order valence-corrected chi connectivity index (χ1v) is 16.1. The maximum Gasteiger partial charge on any atom is 0.303 e. The molecule has 232 valence electrons. The SMILES string of the molecule is CC(=O)O[C@H]1[C@@H]([N+]2(C)CCOCC2)C[C@H]2[C@@H]3CC[C@H]4C[C@@H](N5CC[N+](C)(C)CC5)CC[C@]4(C)[C@H]3CC[C@@]21C.[I-].[I-]. The number of hydrogen-bond donors (Lipinski definition) is 0. The van der Waals surface area contributed by atoms with Gasteiger partial charge < -0.3 is 66.4 Å². The van der Waals surface area contributed by atoms with Crippen molar-refractivity contribution in [2.75, 3.05) is 73.6 Å². The second kappa shape index (κ2) is 12.3. The van der Waals surface area contributed by atoms with Gasteiger partial charge in [0.25, 0.3) is 0 Å². The van der Waals surface area contributed by atoms with E-state index in [1.165, 1.54) is 82.0 Å². The number of rotatable bonds is 3. The molecule has 4 saturated carbocycles. The average molecular weight is 786 g/mol. The normalized spacial score (nSPS) is 46.0. The molecule has 4 aliphatic carbocycles. The fourth-order valence-corrected chi connectivity index (χ4v) is 11.0. The summed E-state index contributed by atoms with van der Waals surface area (Å²) in [5, 5.41) is 0. The third kappa shape index (κ3) is 5.79. The van der Waals surface area contributed by atoms with Gasteiger partial charge in [-0.3, -0.25) is 9.69 Å². The van der Waals surface area contributed by atoms with Crippen LogP contribution in [0.5, 0.6) is 0 Å². The summed E-state index contributed by atoms with van der Waals surface area (Å²) in [6, 6.07) is 1.23. The van der Waals surface area contributed by atoms with E-state index >= 15 is 0 Å². The number of ether oxygens (including phenoxy) is 2. The Morgan fingerprint density at radius 2 is 1.50 bits per heavy atom. The molecule has 0 amide bonds. The van der Waals surface area contributed by atoms with Crippen LogP contribution >= 0.6 is 0 Å². The van der Waals surface area contributed by atoms with E-state index in [2.05, 4.69) is 39.9 Å². The Kier molecular flexibility index (Phi) is 10.3. The lowest BCUT2D eigenvalue weighted by molar-refractivity contribution is -0.942. The zero-order valence-electron chi connectivity index (χ0n) is 26.2. The van der Waals surface area contributed by atoms with Gasteiger partial charge in [-0.1, -0.05) is 13.8 Å². The lowest BCUT2D eigenvalue weighted by Crippen LogP contribution is -3.00. The number of nitrogens with zero attached hydrogens (tertiary/aromatic N) is 3. The molecule has 6 fully saturated rings. The molecule has 6 aliphatic rings. The number of halogens is 2. The Morgan fingerprint density at radius 3 is 2.15 bits per heavy atom. The zero-order valence-corrected chi connectivity index (χ0v) is 30.5. The molecule has 2 heterocycles. The van der Waals surface area contributed by atoms with Crippen molar-refractivity contribution in [2.24, 2.45) is 34.5 Å². The van der Waals surface area contributed by atoms with E-state index in [1.54, 1.807) is 6.92 Å². The fourth-order valence-electron chi connectivity index (χ4n) is 11.0. The quantitative estimate of drug-likeness (QED) is 0.193. The van der Waals surface area contributed by atoms with Crippen LogP contribution in [0.25, 0.3) is 0 Å². The second-order valence-corrected chi connectivity index (χ2v) is 15.9. The van der Waals surface area contributed by atoms with E-state index in [4.69, 9.17) is 9.47 Å². The summed E-state index contributed by atoms with van der Waals surface area (Å²) in [7, 11) is 7.21. The fraction of sp³-hybridized carbons (Fsp3) is 0.969. The average Bonchev–Trinajstić information content (AvgIpc) is 3.17. The van der Waals surface area contributed by atoms with Gasteiger partial charge in [-0.25, -0.2) is 0 Å². The molecule has 2 saturated heterocycles. The van der Waals surface area contributed by atoms with Gasteiger partial charge in [0.2, 0.25) is 0 Å². The summed E-state index contributed by atoms with van der Waals surface area (Å²) in [4.78, 5) is 15.3. The van der Waals surface area contributed by atoms with Crippen LogP contribution in [-0.4, -0.2) is 112 Å². The molecule has 9 atom stereocenters. The summed E-state index contributed by atoms with van der Waals surface area (Å²) in [6.45, 7) is 15.8. The van der Waals surface area contributed by atoms with Crippen LogP contribution in [0.4, 0.5) is 0 Å². The number of morpholine rings is 1. The molecule has 0 N–H and O–H groups in total. The summed E-state index contributed by atoms with van der Waals surface area (Å²) >= 11 is 0. The Bertz CT molecular complexity index is 904. The molecule has 0 aromatic rings. The summed E-state index contributed by atoms with van der Waals surface area (Å²) in [5.74, 6) is 3.14. The van der Waals surface area contributed by atoms with E-state index in [-0.39, 0.29) is 65.4 Å². The van der Waals surface area contributed by atoms with Gasteiger partial charge in [0, 0.05) is 37.9 Å². The number of quaternary nitrogens is 2. The number of likely N-dealkylation sites (N-methyl/N-ethyl adjacent to an activating group) is 2. The van der Waals surface area contributed by atoms with Crippen molar-refractivity contribution in [3.8, 4) is 0 Å². The Balaban J connectivity index is 0.00000185. The number of fused-ring (bicyclic) bond motifs is 5. The maximum absolute atomic E-state index is 12.4. The van der Waals surface area contributed by atoms with Crippen LogP contribution in [-0.2, 0) is 14.3 Å². The van der Waals surface area contributed by atoms with Gasteiger partial charge in [0.1, 0.15) is 19.1 Å². The summed E-state index contributed by atoms with van der Waals surface area (Å²) in [6.07, 6.45) is 10.9. The highest BCUT2D eigenvalue weighted by Gasteiger charge is 2.66. The minimum absolute atomic E-state index is 0. The standard InChI is InChI=1S/C32H57N3O3.2HI/c1-23(36)38-30-29(35(6)17-19-37-20-18-35)22-28-26-8-7-24-21-25(33-13-15-34(4,5)16-14-33)9-11-31(24,2)27(26)10-12-32(28,30)3;;/h24-30H,7-22H2,1-6H3;2*1H/q+2;;/p-2/t24-,25-,26+,27-,28-,29-,30-,31-,32-;;/m0../s1. The van der Waals surface area contributed by atoms with Crippen LogP contribution in [0.15, 0.2) is 0 Å².